The molecule has 1 aromatic rings. The molecule has 2 heterocycles. The summed E-state index contributed by atoms with van der Waals surface area (Å²) in [4.78, 5) is 14.4. The summed E-state index contributed by atoms with van der Waals surface area (Å²) in [5, 5.41) is 5.78. The van der Waals surface area contributed by atoms with Gasteiger partial charge in [-0.1, -0.05) is 6.07 Å². The van der Waals surface area contributed by atoms with Crippen LogP contribution in [0.4, 0.5) is 0 Å². The molecule has 0 aliphatic carbocycles. The molecule has 1 amide bonds. The van der Waals surface area contributed by atoms with Crippen molar-refractivity contribution in [3.05, 3.63) is 22.4 Å². The number of thiophene rings is 1. The summed E-state index contributed by atoms with van der Waals surface area (Å²) in [5.41, 5.74) is 2.44. The van der Waals surface area contributed by atoms with Crippen molar-refractivity contribution in [3.63, 3.8) is 0 Å². The molecule has 1 aliphatic rings. The molecule has 0 spiro atoms. The lowest BCUT2D eigenvalue weighted by molar-refractivity contribution is -0.122. The van der Waals surface area contributed by atoms with Gasteiger partial charge in [-0.2, -0.15) is 5.10 Å². The SMILES string of the molecule is O=C(CN1CCS(=O)(=O)CC1)N/N=C/c1cccs1. The Labute approximate surface area is 116 Å². The average molecular weight is 301 g/mol. The van der Waals surface area contributed by atoms with Gasteiger partial charge < -0.3 is 0 Å². The van der Waals surface area contributed by atoms with Crippen LogP contribution in [0.5, 0.6) is 0 Å². The van der Waals surface area contributed by atoms with E-state index in [9.17, 15) is 13.2 Å². The minimum absolute atomic E-state index is 0.124. The second-order valence-electron chi connectivity index (χ2n) is 4.24. The van der Waals surface area contributed by atoms with Gasteiger partial charge in [0.1, 0.15) is 0 Å². The predicted molar refractivity (Wildman–Crippen MR) is 75.1 cm³/mol. The summed E-state index contributed by atoms with van der Waals surface area (Å²) in [6.07, 6.45) is 1.59. The Morgan fingerprint density at radius 1 is 1.47 bits per heavy atom. The van der Waals surface area contributed by atoms with E-state index in [1.807, 2.05) is 22.4 Å². The van der Waals surface area contributed by atoms with E-state index in [1.54, 1.807) is 6.21 Å². The molecule has 1 aromatic heterocycles. The fourth-order valence-corrected chi connectivity index (χ4v) is 3.54. The Morgan fingerprint density at radius 2 is 2.21 bits per heavy atom. The molecular weight excluding hydrogens is 286 g/mol. The van der Waals surface area contributed by atoms with Gasteiger partial charge in [-0.15, -0.1) is 11.3 Å². The maximum atomic E-state index is 11.6. The third-order valence-corrected chi connectivity index (χ3v) is 5.14. The molecule has 6 nitrogen and oxygen atoms in total. The minimum atomic E-state index is -2.90. The lowest BCUT2D eigenvalue weighted by Gasteiger charge is -2.25. The standard InChI is InChI=1S/C11H15N3O3S2/c15-11(13-12-8-10-2-1-5-18-10)9-14-3-6-19(16,17)7-4-14/h1-2,5,8H,3-4,6-7,9H2,(H,13,15)/b12-8+. The third-order valence-electron chi connectivity index (χ3n) is 2.73. The van der Waals surface area contributed by atoms with Gasteiger partial charge in [-0.3, -0.25) is 9.69 Å². The van der Waals surface area contributed by atoms with Crippen molar-refractivity contribution in [3.8, 4) is 0 Å². The number of amides is 1. The van der Waals surface area contributed by atoms with Gasteiger partial charge in [0.05, 0.1) is 24.3 Å². The summed E-state index contributed by atoms with van der Waals surface area (Å²) in [6.45, 7) is 0.992. The van der Waals surface area contributed by atoms with E-state index in [4.69, 9.17) is 0 Å². The maximum Gasteiger partial charge on any atom is 0.254 e. The minimum Gasteiger partial charge on any atom is -0.292 e. The quantitative estimate of drug-likeness (QED) is 0.623. The Morgan fingerprint density at radius 3 is 2.84 bits per heavy atom. The second kappa shape index (κ2) is 6.27. The van der Waals surface area contributed by atoms with Gasteiger partial charge in [0.25, 0.3) is 5.91 Å². The fraction of sp³-hybridized carbons (Fsp3) is 0.455. The molecular formula is C11H15N3O3S2. The molecule has 1 fully saturated rings. The van der Waals surface area contributed by atoms with Gasteiger partial charge in [0, 0.05) is 18.0 Å². The Kier molecular flexibility index (Phi) is 4.67. The monoisotopic (exact) mass is 301 g/mol. The number of nitrogens with zero attached hydrogens (tertiary/aromatic N) is 2. The molecule has 0 bridgehead atoms. The van der Waals surface area contributed by atoms with Crippen molar-refractivity contribution in [2.45, 2.75) is 0 Å². The van der Waals surface area contributed by atoms with Crippen LogP contribution in [0.1, 0.15) is 4.88 Å². The van der Waals surface area contributed by atoms with Crippen LogP contribution >= 0.6 is 11.3 Å². The van der Waals surface area contributed by atoms with E-state index in [1.165, 1.54) is 11.3 Å². The van der Waals surface area contributed by atoms with Crippen LogP contribution < -0.4 is 5.43 Å². The van der Waals surface area contributed by atoms with E-state index in [0.29, 0.717) is 13.1 Å². The molecule has 0 radical (unpaired) electrons. The lowest BCUT2D eigenvalue weighted by atomic mass is 10.4. The lowest BCUT2D eigenvalue weighted by Crippen LogP contribution is -2.44. The van der Waals surface area contributed by atoms with Crippen LogP contribution in [0.25, 0.3) is 0 Å². The molecule has 2 rings (SSSR count). The van der Waals surface area contributed by atoms with E-state index < -0.39 is 9.84 Å². The highest BCUT2D eigenvalue weighted by atomic mass is 32.2. The van der Waals surface area contributed by atoms with Crippen molar-refractivity contribution in [1.82, 2.24) is 10.3 Å². The first-order valence-corrected chi connectivity index (χ1v) is 8.53. The summed E-state index contributed by atoms with van der Waals surface area (Å²) >= 11 is 1.53. The largest absolute Gasteiger partial charge is 0.292 e. The first-order chi connectivity index (χ1) is 9.05. The van der Waals surface area contributed by atoms with Gasteiger partial charge in [-0.25, -0.2) is 13.8 Å². The third kappa shape index (κ3) is 4.73. The summed E-state index contributed by atoms with van der Waals surface area (Å²) in [5.74, 6) is 0.0180. The number of rotatable bonds is 4. The van der Waals surface area contributed by atoms with Crippen LogP contribution in [0.2, 0.25) is 0 Å². The topological polar surface area (TPSA) is 78.8 Å². The normalized spacial score (nSPS) is 19.6. The summed E-state index contributed by atoms with van der Waals surface area (Å²) in [6, 6.07) is 3.80. The predicted octanol–water partition coefficient (Wildman–Crippen LogP) is -0.0714. The first-order valence-electron chi connectivity index (χ1n) is 5.83. The number of hydrazone groups is 1. The van der Waals surface area contributed by atoms with Crippen molar-refractivity contribution < 1.29 is 13.2 Å². The van der Waals surface area contributed by atoms with E-state index in [0.717, 1.165) is 4.88 Å². The smallest absolute Gasteiger partial charge is 0.254 e. The Balaban J connectivity index is 1.73. The molecule has 0 unspecified atom stereocenters. The Hall–Kier alpha value is -1.25. The van der Waals surface area contributed by atoms with Gasteiger partial charge >= 0.3 is 0 Å². The maximum absolute atomic E-state index is 11.6. The highest BCUT2D eigenvalue weighted by Gasteiger charge is 2.22. The van der Waals surface area contributed by atoms with Crippen LogP contribution in [0.15, 0.2) is 22.6 Å². The van der Waals surface area contributed by atoms with Crippen molar-refractivity contribution >= 4 is 33.3 Å². The zero-order valence-electron chi connectivity index (χ0n) is 10.3. The van der Waals surface area contributed by atoms with Crippen molar-refractivity contribution in [1.29, 1.82) is 0 Å². The number of hydrogen-bond donors (Lipinski definition) is 1. The second-order valence-corrected chi connectivity index (χ2v) is 7.52. The zero-order chi connectivity index (χ0) is 13.7. The molecule has 8 heteroatoms. The summed E-state index contributed by atoms with van der Waals surface area (Å²) in [7, 11) is -2.90. The number of hydrogen-bond acceptors (Lipinski definition) is 6. The van der Waals surface area contributed by atoms with Gasteiger partial charge in [-0.05, 0) is 11.4 Å². The Bertz CT molecular complexity index is 538. The van der Waals surface area contributed by atoms with Crippen molar-refractivity contribution in [2.24, 2.45) is 5.10 Å². The molecule has 1 N–H and O–H groups in total. The van der Waals surface area contributed by atoms with E-state index >= 15 is 0 Å². The molecule has 1 saturated heterocycles. The number of carbonyl (C=O) groups is 1. The molecule has 1 aliphatic heterocycles. The number of nitrogens with one attached hydrogen (secondary N) is 1. The molecule has 104 valence electrons. The van der Waals surface area contributed by atoms with Crippen molar-refractivity contribution in [2.75, 3.05) is 31.1 Å². The van der Waals surface area contributed by atoms with Crippen LogP contribution in [0, 0.1) is 0 Å². The van der Waals surface area contributed by atoms with Gasteiger partial charge in [0.2, 0.25) is 0 Å². The number of carbonyl (C=O) groups excluding carboxylic acids is 1. The molecule has 19 heavy (non-hydrogen) atoms. The highest BCUT2D eigenvalue weighted by Crippen LogP contribution is 2.04. The van der Waals surface area contributed by atoms with Gasteiger partial charge in [0.15, 0.2) is 9.84 Å². The van der Waals surface area contributed by atoms with Crippen LogP contribution in [-0.4, -0.2) is 56.6 Å². The fourth-order valence-electron chi connectivity index (χ4n) is 1.68. The number of sulfone groups is 1. The molecule has 0 atom stereocenters. The van der Waals surface area contributed by atoms with E-state index in [2.05, 4.69) is 10.5 Å². The van der Waals surface area contributed by atoms with Crippen LogP contribution in [-0.2, 0) is 14.6 Å². The first kappa shape index (κ1) is 14.2. The summed E-state index contributed by atoms with van der Waals surface area (Å²) < 4.78 is 22.5. The highest BCUT2D eigenvalue weighted by molar-refractivity contribution is 7.91. The molecule has 0 saturated carbocycles. The average Bonchev–Trinajstić information content (AvgIpc) is 2.85. The zero-order valence-corrected chi connectivity index (χ0v) is 11.9. The molecule has 0 aromatic carbocycles. The van der Waals surface area contributed by atoms with Crippen LogP contribution in [0.3, 0.4) is 0 Å². The van der Waals surface area contributed by atoms with E-state index in [-0.39, 0.29) is 24.0 Å².